The Morgan fingerprint density at radius 1 is 0.419 bits per heavy atom. The SMILES string of the molecule is CC1(C)c2cc(-c3ccc(C4=CCCC=C4)cc3)c3oc4ccccc4c3c2-c2ccc3c(c21)C(C)(C)c1cc(-c2ccc(-c4ccccc4)cc2)c2oc4ccccc4c2c1-3. The minimum absolute atomic E-state index is 0.304. The number of allylic oxidation sites excluding steroid dienone is 4. The van der Waals surface area contributed by atoms with Crippen molar-refractivity contribution in [2.24, 2.45) is 0 Å². The minimum atomic E-state index is -0.306. The maximum Gasteiger partial charge on any atom is 0.143 e. The average molecular weight is 797 g/mol. The van der Waals surface area contributed by atoms with Crippen LogP contribution in [-0.4, -0.2) is 0 Å². The number of hydrogen-bond acceptors (Lipinski definition) is 2. The zero-order valence-electron chi connectivity index (χ0n) is 35.4. The second kappa shape index (κ2) is 12.7. The van der Waals surface area contributed by atoms with E-state index in [1.165, 1.54) is 83.1 Å². The van der Waals surface area contributed by atoms with E-state index in [-0.39, 0.29) is 10.8 Å². The largest absolute Gasteiger partial charge is 0.455 e. The second-order valence-electron chi connectivity index (χ2n) is 18.6. The van der Waals surface area contributed by atoms with Gasteiger partial charge < -0.3 is 8.83 Å². The van der Waals surface area contributed by atoms with Gasteiger partial charge in [0, 0.05) is 43.5 Å². The summed E-state index contributed by atoms with van der Waals surface area (Å²) in [6.07, 6.45) is 9.09. The first-order valence-electron chi connectivity index (χ1n) is 22.1. The summed E-state index contributed by atoms with van der Waals surface area (Å²) in [6, 6.07) is 55.6. The summed E-state index contributed by atoms with van der Waals surface area (Å²) < 4.78 is 13.8. The Morgan fingerprint density at radius 3 is 1.37 bits per heavy atom. The molecule has 62 heavy (non-hydrogen) atoms. The molecular formula is C60H44O2. The van der Waals surface area contributed by atoms with Crippen LogP contribution >= 0.6 is 0 Å². The van der Waals surface area contributed by atoms with Gasteiger partial charge in [-0.3, -0.25) is 0 Å². The normalized spacial score (nSPS) is 15.6. The van der Waals surface area contributed by atoms with E-state index >= 15 is 0 Å². The summed E-state index contributed by atoms with van der Waals surface area (Å²) in [6.45, 7) is 9.78. The molecule has 0 bridgehead atoms. The van der Waals surface area contributed by atoms with Gasteiger partial charge in [0.1, 0.15) is 22.3 Å². The number of fused-ring (bicyclic) bond motifs is 15. The molecule has 0 saturated carbocycles. The lowest BCUT2D eigenvalue weighted by Crippen LogP contribution is -2.24. The van der Waals surface area contributed by atoms with Crippen molar-refractivity contribution in [1.29, 1.82) is 0 Å². The van der Waals surface area contributed by atoms with Crippen LogP contribution in [0.2, 0.25) is 0 Å². The fraction of sp³-hybridized carbons (Fsp3) is 0.133. The molecule has 10 aromatic rings. The molecule has 3 aliphatic carbocycles. The summed E-state index contributed by atoms with van der Waals surface area (Å²) >= 11 is 0. The van der Waals surface area contributed by atoms with E-state index in [0.29, 0.717) is 0 Å². The fourth-order valence-corrected chi connectivity index (χ4v) is 11.5. The number of furan rings is 2. The third kappa shape index (κ3) is 4.81. The van der Waals surface area contributed by atoms with Gasteiger partial charge >= 0.3 is 0 Å². The standard InChI is InChI=1S/C60H44O2/c1-59(2)47-33-45(39-27-23-37(24-28-39)35-15-7-5-8-16-35)57-53(41-19-11-13-21-49(41)61-57)51(47)43-31-32-44-52-48(60(3,4)56(44)55(43)59)34-46(58-54(52)42-20-12-14-22-50(42)62-58)40-29-25-38(26-30-40)36-17-9-6-10-18-36/h5,7-9,11-34H,6,10H2,1-4H3. The molecule has 0 fully saturated rings. The van der Waals surface area contributed by atoms with Gasteiger partial charge in [0.25, 0.3) is 0 Å². The van der Waals surface area contributed by atoms with E-state index < -0.39 is 0 Å². The number of hydrogen-bond donors (Lipinski definition) is 0. The molecule has 2 heteroatoms. The first-order valence-corrected chi connectivity index (χ1v) is 22.1. The third-order valence-electron chi connectivity index (χ3n) is 14.5. The van der Waals surface area contributed by atoms with Crippen molar-refractivity contribution < 1.29 is 8.83 Å². The molecule has 0 atom stereocenters. The third-order valence-corrected chi connectivity index (χ3v) is 14.5. The Kier molecular flexibility index (Phi) is 7.28. The van der Waals surface area contributed by atoms with Gasteiger partial charge in [-0.05, 0) is 115 Å². The first kappa shape index (κ1) is 35.6. The fourth-order valence-electron chi connectivity index (χ4n) is 11.5. The molecule has 0 saturated heterocycles. The second-order valence-corrected chi connectivity index (χ2v) is 18.6. The van der Waals surface area contributed by atoms with Crippen LogP contribution in [0.5, 0.6) is 0 Å². The summed E-state index contributed by atoms with van der Waals surface area (Å²) in [5, 5.41) is 4.73. The molecule has 296 valence electrons. The van der Waals surface area contributed by atoms with E-state index in [4.69, 9.17) is 8.83 Å². The molecule has 0 radical (unpaired) electrons. The van der Waals surface area contributed by atoms with Crippen molar-refractivity contribution in [2.75, 3.05) is 0 Å². The Hall–Kier alpha value is -7.16. The van der Waals surface area contributed by atoms with Crippen LogP contribution in [0.15, 0.2) is 179 Å². The Morgan fingerprint density at radius 2 is 0.871 bits per heavy atom. The maximum atomic E-state index is 6.91. The van der Waals surface area contributed by atoms with Crippen LogP contribution in [0.1, 0.15) is 68.4 Å². The zero-order valence-corrected chi connectivity index (χ0v) is 35.4. The minimum Gasteiger partial charge on any atom is -0.455 e. The van der Waals surface area contributed by atoms with Crippen LogP contribution in [0.4, 0.5) is 0 Å². The zero-order chi connectivity index (χ0) is 41.5. The molecular weight excluding hydrogens is 753 g/mol. The van der Waals surface area contributed by atoms with Crippen molar-refractivity contribution in [3.63, 3.8) is 0 Å². The predicted octanol–water partition coefficient (Wildman–Crippen LogP) is 16.8. The van der Waals surface area contributed by atoms with E-state index in [1.54, 1.807) is 0 Å². The molecule has 0 spiro atoms. The molecule has 8 aromatic carbocycles. The van der Waals surface area contributed by atoms with Gasteiger partial charge in [-0.15, -0.1) is 0 Å². The molecule has 0 unspecified atom stereocenters. The van der Waals surface area contributed by atoms with Crippen molar-refractivity contribution in [2.45, 2.75) is 51.4 Å². The van der Waals surface area contributed by atoms with Gasteiger partial charge in [0.15, 0.2) is 0 Å². The quantitative estimate of drug-likeness (QED) is 0.177. The van der Waals surface area contributed by atoms with Crippen LogP contribution in [0, 0.1) is 0 Å². The van der Waals surface area contributed by atoms with Crippen LogP contribution in [0.25, 0.3) is 105 Å². The van der Waals surface area contributed by atoms with Gasteiger partial charge in [-0.25, -0.2) is 0 Å². The number of benzene rings is 8. The van der Waals surface area contributed by atoms with Crippen molar-refractivity contribution in [3.8, 4) is 55.6 Å². The lowest BCUT2D eigenvalue weighted by atomic mass is 9.72. The van der Waals surface area contributed by atoms with Crippen LogP contribution < -0.4 is 0 Å². The van der Waals surface area contributed by atoms with Gasteiger partial charge in [-0.2, -0.15) is 0 Å². The molecule has 2 aromatic heterocycles. The molecule has 13 rings (SSSR count). The lowest BCUT2D eigenvalue weighted by Gasteiger charge is -2.31. The van der Waals surface area contributed by atoms with E-state index in [0.717, 1.165) is 62.6 Å². The number of rotatable bonds is 4. The molecule has 0 N–H and O–H groups in total. The number of para-hydroxylation sites is 2. The van der Waals surface area contributed by atoms with E-state index in [2.05, 4.69) is 198 Å². The molecule has 3 aliphatic rings. The highest BCUT2D eigenvalue weighted by molar-refractivity contribution is 6.21. The Labute approximate surface area is 361 Å². The molecule has 0 aliphatic heterocycles. The van der Waals surface area contributed by atoms with Crippen molar-refractivity contribution >= 4 is 49.5 Å². The highest BCUT2D eigenvalue weighted by Gasteiger charge is 2.48. The highest BCUT2D eigenvalue weighted by Crippen LogP contribution is 2.63. The molecule has 2 nitrogen and oxygen atoms in total. The summed E-state index contributed by atoms with van der Waals surface area (Å²) in [5.74, 6) is 0. The lowest BCUT2D eigenvalue weighted by molar-refractivity contribution is 0.601. The maximum absolute atomic E-state index is 6.91. The summed E-state index contributed by atoms with van der Waals surface area (Å²) in [4.78, 5) is 0. The van der Waals surface area contributed by atoms with E-state index in [1.807, 2.05) is 0 Å². The van der Waals surface area contributed by atoms with Gasteiger partial charge in [-0.1, -0.05) is 173 Å². The average Bonchev–Trinajstić information content (AvgIpc) is 4.02. The Balaban J connectivity index is 1.04. The topological polar surface area (TPSA) is 26.3 Å². The van der Waals surface area contributed by atoms with Crippen molar-refractivity contribution in [3.05, 3.63) is 198 Å². The molecule has 2 heterocycles. The van der Waals surface area contributed by atoms with Gasteiger partial charge in [0.05, 0.1) is 0 Å². The Bertz CT molecular complexity index is 3580. The summed E-state index contributed by atoms with van der Waals surface area (Å²) in [5.41, 5.74) is 23.4. The molecule has 0 amide bonds. The predicted molar refractivity (Wildman–Crippen MR) is 259 cm³/mol. The highest BCUT2D eigenvalue weighted by atomic mass is 16.3. The smallest absolute Gasteiger partial charge is 0.143 e. The van der Waals surface area contributed by atoms with Gasteiger partial charge in [0.2, 0.25) is 0 Å². The monoisotopic (exact) mass is 796 g/mol. The van der Waals surface area contributed by atoms with Crippen LogP contribution in [-0.2, 0) is 10.8 Å². The van der Waals surface area contributed by atoms with Crippen molar-refractivity contribution in [1.82, 2.24) is 0 Å². The first-order chi connectivity index (χ1) is 30.3. The van der Waals surface area contributed by atoms with Crippen LogP contribution in [0.3, 0.4) is 0 Å². The van der Waals surface area contributed by atoms with E-state index in [9.17, 15) is 0 Å². The summed E-state index contributed by atoms with van der Waals surface area (Å²) in [7, 11) is 0.